The number of fused-ring (bicyclic) bond motifs is 1. The molecule has 0 radical (unpaired) electrons. The van der Waals surface area contributed by atoms with Crippen LogP contribution in [0.2, 0.25) is 0 Å². The molecule has 0 aliphatic rings. The lowest BCUT2D eigenvalue weighted by atomic mass is 10.3. The Morgan fingerprint density at radius 1 is 1.02 bits per heavy atom. The van der Waals surface area contributed by atoms with E-state index in [2.05, 4.69) is 74.5 Å². The first-order valence-electron chi connectivity index (χ1n) is 12.4. The van der Waals surface area contributed by atoms with Crippen LogP contribution in [0.1, 0.15) is 33.9 Å². The SMILES string of the molecule is CC(=O)N(C)C(C)n1nnc2ccccc21.CN.CN=C=S.[C-]#[N+]NC(=NC)NC(C)N(C)C(C)=O.[C-]#[N+]NC(N)=NC. The summed E-state index contributed by atoms with van der Waals surface area (Å²) in [5, 5.41) is 13.1. The van der Waals surface area contributed by atoms with Crippen LogP contribution in [0, 0.1) is 13.1 Å². The van der Waals surface area contributed by atoms with Crippen molar-refractivity contribution in [2.24, 2.45) is 26.4 Å². The molecule has 1 aromatic carbocycles. The first-order chi connectivity index (χ1) is 20.4. The molecular weight excluding hydrogens is 574 g/mol. The standard InChI is InChI=1S/C11H14N4O.C8H15N5O.C3H6N4.C2H3NS.CH5N/c1-8(14(3)9(2)16)15-11-7-5-4-6-10(11)12-13-15;1-6(13(5)7(2)14)11-8(9-3)12-10-4;1-5-3(4)7-6-2;1-3-2-4;1-2/h4-8H,1-3H3;6H,1-3,5H3,(H2,9,11,12);1H3,(H3,4,5,7);1H3;2H2,1H3. The molecule has 0 aliphatic heterocycles. The Morgan fingerprint density at radius 2 is 1.53 bits per heavy atom. The van der Waals surface area contributed by atoms with E-state index in [1.54, 1.807) is 44.7 Å². The molecule has 236 valence electrons. The van der Waals surface area contributed by atoms with Crippen molar-refractivity contribution < 1.29 is 9.59 Å². The van der Waals surface area contributed by atoms with Crippen LogP contribution in [0.5, 0.6) is 0 Å². The smallest absolute Gasteiger partial charge is 0.263 e. The number of rotatable bonds is 4. The van der Waals surface area contributed by atoms with Gasteiger partial charge in [-0.25, -0.2) is 9.67 Å². The molecule has 0 spiro atoms. The van der Waals surface area contributed by atoms with Gasteiger partial charge in [0.05, 0.1) is 10.7 Å². The average Bonchev–Trinajstić information content (AvgIpc) is 3.45. The highest BCUT2D eigenvalue weighted by atomic mass is 32.1. The summed E-state index contributed by atoms with van der Waals surface area (Å²) >= 11 is 4.14. The maximum Gasteiger partial charge on any atom is 0.263 e. The van der Waals surface area contributed by atoms with E-state index in [1.165, 1.54) is 32.8 Å². The molecule has 43 heavy (non-hydrogen) atoms. The average molecular weight is 618 g/mol. The largest absolute Gasteiger partial charge is 0.365 e. The number of benzene rings is 1. The molecule has 2 rings (SSSR count). The van der Waals surface area contributed by atoms with Crippen molar-refractivity contribution in [3.05, 3.63) is 47.3 Å². The Kier molecular flexibility index (Phi) is 25.4. The second kappa shape index (κ2) is 25.8. The van der Waals surface area contributed by atoms with E-state index >= 15 is 0 Å². The van der Waals surface area contributed by atoms with Gasteiger partial charge in [-0.05, 0) is 45.2 Å². The zero-order valence-corrected chi connectivity index (χ0v) is 27.1. The summed E-state index contributed by atoms with van der Waals surface area (Å²) in [6.45, 7) is 19.5. The highest BCUT2D eigenvalue weighted by Gasteiger charge is 2.17. The fourth-order valence-electron chi connectivity index (χ4n) is 2.46. The van der Waals surface area contributed by atoms with Gasteiger partial charge in [0.2, 0.25) is 11.8 Å². The van der Waals surface area contributed by atoms with Gasteiger partial charge in [-0.15, -0.1) is 5.10 Å². The first-order valence-corrected chi connectivity index (χ1v) is 12.8. The van der Waals surface area contributed by atoms with Gasteiger partial charge < -0.3 is 26.6 Å². The van der Waals surface area contributed by atoms with E-state index in [-0.39, 0.29) is 30.1 Å². The van der Waals surface area contributed by atoms with E-state index < -0.39 is 0 Å². The van der Waals surface area contributed by atoms with Crippen molar-refractivity contribution in [3.63, 3.8) is 0 Å². The summed E-state index contributed by atoms with van der Waals surface area (Å²) in [7, 11) is 9.58. The Balaban J connectivity index is -0.000000538. The molecule has 0 bridgehead atoms. The van der Waals surface area contributed by atoms with Crippen molar-refractivity contribution in [2.75, 3.05) is 42.3 Å². The predicted octanol–water partition coefficient (Wildman–Crippen LogP) is 0.887. The van der Waals surface area contributed by atoms with Crippen LogP contribution in [0.3, 0.4) is 0 Å². The molecule has 2 unspecified atom stereocenters. The van der Waals surface area contributed by atoms with E-state index in [4.69, 9.17) is 18.9 Å². The van der Waals surface area contributed by atoms with Crippen molar-refractivity contribution in [3.8, 4) is 0 Å². The minimum absolute atomic E-state index is 0.00656. The molecule has 17 nitrogen and oxygen atoms in total. The van der Waals surface area contributed by atoms with Gasteiger partial charge in [0, 0.05) is 49.1 Å². The lowest BCUT2D eigenvalue weighted by molar-refractivity contribution is -0.131. The third-order valence-corrected chi connectivity index (χ3v) is 5.28. The highest BCUT2D eigenvalue weighted by Crippen LogP contribution is 2.17. The number of hydrogen-bond acceptors (Lipinski definition) is 9. The summed E-state index contributed by atoms with van der Waals surface area (Å²) in [5.74, 6) is 0.450. The minimum Gasteiger partial charge on any atom is -0.365 e. The maximum absolute atomic E-state index is 11.3. The molecule has 0 saturated heterocycles. The number of nitrogens with one attached hydrogen (secondary N) is 3. The number of aromatic nitrogens is 3. The number of isothiocyanates is 1. The van der Waals surface area contributed by atoms with Crippen LogP contribution < -0.4 is 27.6 Å². The quantitative estimate of drug-likeness (QED) is 0.0818. The molecule has 18 heteroatoms. The molecule has 2 atom stereocenters. The normalized spacial score (nSPS) is 11.0. The maximum atomic E-state index is 11.3. The van der Waals surface area contributed by atoms with Crippen LogP contribution in [0.15, 0.2) is 39.2 Å². The molecule has 2 aromatic rings. The second-order valence-corrected chi connectivity index (χ2v) is 7.86. The van der Waals surface area contributed by atoms with Crippen LogP contribution in [-0.4, -0.2) is 102 Å². The van der Waals surface area contributed by atoms with Gasteiger partial charge in [-0.1, -0.05) is 28.2 Å². The van der Waals surface area contributed by atoms with Gasteiger partial charge in [-0.3, -0.25) is 19.6 Å². The first kappa shape index (κ1) is 42.3. The fourth-order valence-corrected chi connectivity index (χ4v) is 2.46. The van der Waals surface area contributed by atoms with Crippen LogP contribution >= 0.6 is 12.2 Å². The summed E-state index contributed by atoms with van der Waals surface area (Å²) < 4.78 is 1.75. The number of nitrogens with zero attached hydrogens (tertiary/aromatic N) is 10. The third-order valence-electron chi connectivity index (χ3n) is 5.10. The monoisotopic (exact) mass is 617 g/mol. The van der Waals surface area contributed by atoms with E-state index in [0.717, 1.165) is 11.0 Å². The topological polar surface area (TPSA) is 205 Å². The van der Waals surface area contributed by atoms with Crippen molar-refractivity contribution >= 4 is 52.1 Å². The number of thiocarbonyl (C=S) groups is 1. The van der Waals surface area contributed by atoms with Crippen molar-refractivity contribution in [1.82, 2.24) is 41.0 Å². The molecular formula is C25H43N15O2S. The number of nitrogens with two attached hydrogens (primary N) is 2. The van der Waals surface area contributed by atoms with Gasteiger partial charge in [-0.2, -0.15) is 23.1 Å². The van der Waals surface area contributed by atoms with E-state index in [1.807, 2.05) is 31.2 Å². The highest BCUT2D eigenvalue weighted by molar-refractivity contribution is 7.78. The summed E-state index contributed by atoms with van der Waals surface area (Å²) in [4.78, 5) is 41.7. The van der Waals surface area contributed by atoms with E-state index in [9.17, 15) is 9.59 Å². The Hall–Kier alpha value is -5.16. The molecule has 0 saturated carbocycles. The Labute approximate surface area is 258 Å². The van der Waals surface area contributed by atoms with E-state index in [0.29, 0.717) is 5.96 Å². The number of amides is 2. The summed E-state index contributed by atoms with van der Waals surface area (Å²) in [6.07, 6.45) is -0.342. The zero-order chi connectivity index (χ0) is 34.0. The van der Waals surface area contributed by atoms with Crippen molar-refractivity contribution in [1.29, 1.82) is 0 Å². The van der Waals surface area contributed by atoms with Crippen LogP contribution in [0.25, 0.3) is 20.9 Å². The van der Waals surface area contributed by atoms with Gasteiger partial charge in [0.1, 0.15) is 17.8 Å². The molecule has 0 fully saturated rings. The number of para-hydroxylation sites is 1. The minimum atomic E-state index is -0.208. The summed E-state index contributed by atoms with van der Waals surface area (Å²) in [5.41, 5.74) is 15.7. The zero-order valence-electron chi connectivity index (χ0n) is 26.3. The number of hydrogen-bond donors (Lipinski definition) is 5. The molecule has 7 N–H and O–H groups in total. The Bertz CT molecular complexity index is 1290. The molecule has 1 heterocycles. The molecule has 1 aromatic heterocycles. The number of aliphatic imine (C=N–C) groups is 3. The summed E-state index contributed by atoms with van der Waals surface area (Å²) in [6, 6.07) is 7.70. The van der Waals surface area contributed by atoms with Gasteiger partial charge in [0.15, 0.2) is 0 Å². The molecule has 0 aliphatic carbocycles. The lowest BCUT2D eigenvalue weighted by Crippen LogP contribution is -2.49. The lowest BCUT2D eigenvalue weighted by Gasteiger charge is -2.24. The van der Waals surface area contributed by atoms with Crippen LogP contribution in [-0.2, 0) is 9.59 Å². The predicted molar refractivity (Wildman–Crippen MR) is 173 cm³/mol. The number of guanidine groups is 2. The second-order valence-electron chi connectivity index (χ2n) is 7.68. The third kappa shape index (κ3) is 18.0. The van der Waals surface area contributed by atoms with Gasteiger partial charge in [0.25, 0.3) is 11.9 Å². The number of carbonyl (C=O) groups is 2. The van der Waals surface area contributed by atoms with Crippen molar-refractivity contribution in [2.45, 2.75) is 40.0 Å². The van der Waals surface area contributed by atoms with Crippen LogP contribution in [0.4, 0.5) is 0 Å². The van der Waals surface area contributed by atoms with Gasteiger partial charge >= 0.3 is 0 Å². The number of carbonyl (C=O) groups excluding carboxylic acids is 2. The molecule has 2 amide bonds. The fraction of sp³-hybridized carbons (Fsp3) is 0.480. The Morgan fingerprint density at radius 3 is 1.93 bits per heavy atom.